The highest BCUT2D eigenvalue weighted by atomic mass is 35.5. The van der Waals surface area contributed by atoms with Gasteiger partial charge in [0.2, 0.25) is 5.89 Å². The van der Waals surface area contributed by atoms with Crippen LogP contribution in [0.3, 0.4) is 0 Å². The number of aromatic nitrogens is 1. The lowest BCUT2D eigenvalue weighted by molar-refractivity contribution is 0.463. The second kappa shape index (κ2) is 6.95. The lowest BCUT2D eigenvalue weighted by atomic mass is 10.2. The third-order valence-corrected chi connectivity index (χ3v) is 4.88. The van der Waals surface area contributed by atoms with Gasteiger partial charge in [0.15, 0.2) is 0 Å². The summed E-state index contributed by atoms with van der Waals surface area (Å²) >= 11 is 13.6. The molecule has 0 saturated carbocycles. The van der Waals surface area contributed by atoms with Crippen molar-refractivity contribution in [3.63, 3.8) is 0 Å². The number of thioether (sulfide) groups is 1. The summed E-state index contributed by atoms with van der Waals surface area (Å²) in [6, 6.07) is 11.0. The molecule has 23 heavy (non-hydrogen) atoms. The van der Waals surface area contributed by atoms with Crippen LogP contribution < -0.4 is 5.63 Å². The molecule has 0 bridgehead atoms. The number of rotatable bonds is 4. The average molecular weight is 366 g/mol. The minimum Gasteiger partial charge on any atom is -0.407 e. The molecular formula is C17H13Cl2NO2S. The van der Waals surface area contributed by atoms with Crippen molar-refractivity contribution < 1.29 is 4.42 Å². The molecule has 0 N–H and O–H groups in total. The molecule has 0 fully saturated rings. The van der Waals surface area contributed by atoms with Crippen LogP contribution in [0.15, 0.2) is 45.6 Å². The van der Waals surface area contributed by atoms with Crippen molar-refractivity contribution in [1.82, 2.24) is 4.98 Å². The molecule has 0 saturated heterocycles. The van der Waals surface area contributed by atoms with E-state index in [1.165, 1.54) is 0 Å². The van der Waals surface area contributed by atoms with Crippen molar-refractivity contribution in [3.05, 3.63) is 73.9 Å². The molecule has 0 aliphatic rings. The Morgan fingerprint density at radius 1 is 1.13 bits per heavy atom. The van der Waals surface area contributed by atoms with Gasteiger partial charge in [-0.25, -0.2) is 9.78 Å². The van der Waals surface area contributed by atoms with Gasteiger partial charge in [0.1, 0.15) is 0 Å². The van der Waals surface area contributed by atoms with E-state index in [2.05, 4.69) is 4.98 Å². The summed E-state index contributed by atoms with van der Waals surface area (Å²) in [5.41, 5.74) is 2.30. The monoisotopic (exact) mass is 365 g/mol. The summed E-state index contributed by atoms with van der Waals surface area (Å²) in [5.74, 6) is 1.60. The zero-order valence-electron chi connectivity index (χ0n) is 12.3. The first-order chi connectivity index (χ1) is 11.0. The van der Waals surface area contributed by atoms with Crippen LogP contribution in [0, 0.1) is 6.92 Å². The Balaban J connectivity index is 1.74. The lowest BCUT2D eigenvalue weighted by Crippen LogP contribution is -2.04. The van der Waals surface area contributed by atoms with Crippen molar-refractivity contribution in [2.45, 2.75) is 18.4 Å². The molecule has 0 spiro atoms. The maximum atomic E-state index is 12.0. The highest BCUT2D eigenvalue weighted by Gasteiger charge is 2.08. The van der Waals surface area contributed by atoms with Crippen molar-refractivity contribution in [3.8, 4) is 0 Å². The zero-order valence-corrected chi connectivity index (χ0v) is 14.6. The van der Waals surface area contributed by atoms with Gasteiger partial charge in [0.05, 0.1) is 16.7 Å². The molecular weight excluding hydrogens is 353 g/mol. The number of hydrogen-bond donors (Lipinski definition) is 0. The van der Waals surface area contributed by atoms with Gasteiger partial charge in [-0.1, -0.05) is 40.9 Å². The smallest absolute Gasteiger partial charge is 0.346 e. The SMILES string of the molecule is Cc1ccc2nc(CSCc3ccc(Cl)cc3Cl)oc(=O)c2c1. The fraction of sp³-hybridized carbons (Fsp3) is 0.176. The lowest BCUT2D eigenvalue weighted by Gasteiger charge is -2.05. The van der Waals surface area contributed by atoms with Gasteiger partial charge < -0.3 is 4.42 Å². The summed E-state index contributed by atoms with van der Waals surface area (Å²) in [6.07, 6.45) is 0. The Bertz CT molecular complexity index is 924. The van der Waals surface area contributed by atoms with Crippen LogP contribution in [0.4, 0.5) is 0 Å². The van der Waals surface area contributed by atoms with Gasteiger partial charge in [-0.3, -0.25) is 0 Å². The fourth-order valence-electron chi connectivity index (χ4n) is 2.18. The van der Waals surface area contributed by atoms with Gasteiger partial charge in [-0.05, 0) is 36.8 Å². The fourth-order valence-corrected chi connectivity index (χ4v) is 3.61. The zero-order chi connectivity index (χ0) is 16.4. The van der Waals surface area contributed by atoms with Crippen LogP contribution in [0.5, 0.6) is 0 Å². The molecule has 1 aromatic heterocycles. The number of nitrogens with zero attached hydrogens (tertiary/aromatic N) is 1. The summed E-state index contributed by atoms with van der Waals surface area (Å²) in [7, 11) is 0. The van der Waals surface area contributed by atoms with Crippen LogP contribution in [-0.4, -0.2) is 4.98 Å². The molecule has 0 aliphatic heterocycles. The summed E-state index contributed by atoms with van der Waals surface area (Å²) < 4.78 is 5.29. The van der Waals surface area contributed by atoms with Crippen molar-refractivity contribution >= 4 is 45.9 Å². The topological polar surface area (TPSA) is 43.1 Å². The minimum atomic E-state index is -0.348. The van der Waals surface area contributed by atoms with Crippen LogP contribution in [-0.2, 0) is 11.5 Å². The van der Waals surface area contributed by atoms with Crippen molar-refractivity contribution in [2.75, 3.05) is 0 Å². The summed E-state index contributed by atoms with van der Waals surface area (Å²) in [6.45, 7) is 1.93. The molecule has 118 valence electrons. The molecule has 6 heteroatoms. The predicted molar refractivity (Wildman–Crippen MR) is 96.5 cm³/mol. The Morgan fingerprint density at radius 3 is 2.74 bits per heavy atom. The van der Waals surface area contributed by atoms with E-state index < -0.39 is 0 Å². The molecule has 0 unspecified atom stereocenters. The normalized spacial score (nSPS) is 11.1. The molecule has 3 aromatic rings. The summed E-state index contributed by atoms with van der Waals surface area (Å²) in [5, 5.41) is 1.76. The van der Waals surface area contributed by atoms with Gasteiger partial charge in [0, 0.05) is 15.8 Å². The maximum absolute atomic E-state index is 12.0. The van der Waals surface area contributed by atoms with Crippen molar-refractivity contribution in [1.29, 1.82) is 0 Å². The Hall–Kier alpha value is -1.49. The van der Waals surface area contributed by atoms with Gasteiger partial charge in [0.25, 0.3) is 0 Å². The Morgan fingerprint density at radius 2 is 1.96 bits per heavy atom. The largest absolute Gasteiger partial charge is 0.407 e. The second-order valence-electron chi connectivity index (χ2n) is 5.14. The van der Waals surface area contributed by atoms with E-state index in [4.69, 9.17) is 27.6 Å². The number of fused-ring (bicyclic) bond motifs is 1. The van der Waals surface area contributed by atoms with Gasteiger partial charge in [-0.15, -0.1) is 11.8 Å². The second-order valence-corrected chi connectivity index (χ2v) is 6.97. The molecule has 0 aliphatic carbocycles. The third kappa shape index (κ3) is 3.89. The van der Waals surface area contributed by atoms with Crippen LogP contribution >= 0.6 is 35.0 Å². The molecule has 0 atom stereocenters. The summed E-state index contributed by atoms with van der Waals surface area (Å²) in [4.78, 5) is 16.4. The highest BCUT2D eigenvalue weighted by molar-refractivity contribution is 7.97. The number of aryl methyl sites for hydroxylation is 1. The maximum Gasteiger partial charge on any atom is 0.346 e. The highest BCUT2D eigenvalue weighted by Crippen LogP contribution is 2.26. The van der Waals surface area contributed by atoms with Crippen LogP contribution in [0.1, 0.15) is 17.0 Å². The molecule has 0 amide bonds. The van der Waals surface area contributed by atoms with Gasteiger partial charge in [-0.2, -0.15) is 0 Å². The van der Waals surface area contributed by atoms with E-state index in [9.17, 15) is 4.79 Å². The van der Waals surface area contributed by atoms with E-state index in [-0.39, 0.29) is 5.63 Å². The van der Waals surface area contributed by atoms with E-state index >= 15 is 0 Å². The first-order valence-electron chi connectivity index (χ1n) is 6.95. The molecule has 3 rings (SSSR count). The third-order valence-electron chi connectivity index (χ3n) is 3.33. The minimum absolute atomic E-state index is 0.348. The number of halogens is 2. The van der Waals surface area contributed by atoms with E-state index in [1.807, 2.05) is 25.1 Å². The number of hydrogen-bond acceptors (Lipinski definition) is 4. The van der Waals surface area contributed by atoms with E-state index in [1.54, 1.807) is 30.0 Å². The standard InChI is InChI=1S/C17H13Cl2NO2S/c1-10-2-5-15-13(6-10)17(21)22-16(20-15)9-23-8-11-3-4-12(18)7-14(11)19/h2-7H,8-9H2,1H3. The van der Waals surface area contributed by atoms with Crippen molar-refractivity contribution in [2.24, 2.45) is 0 Å². The molecule has 1 heterocycles. The van der Waals surface area contributed by atoms with Gasteiger partial charge >= 0.3 is 5.63 Å². The van der Waals surface area contributed by atoms with E-state index in [0.29, 0.717) is 38.3 Å². The molecule has 2 aromatic carbocycles. The molecule has 3 nitrogen and oxygen atoms in total. The predicted octanol–water partition coefficient (Wildman–Crippen LogP) is 5.24. The first-order valence-corrected chi connectivity index (χ1v) is 8.86. The Kier molecular flexibility index (Phi) is 4.95. The van der Waals surface area contributed by atoms with E-state index in [0.717, 1.165) is 11.1 Å². The van der Waals surface area contributed by atoms with Crippen LogP contribution in [0.25, 0.3) is 10.9 Å². The average Bonchev–Trinajstić information content (AvgIpc) is 2.50. The Labute approximate surface area is 147 Å². The molecule has 0 radical (unpaired) electrons. The number of benzene rings is 2. The first kappa shape index (κ1) is 16.4. The van der Waals surface area contributed by atoms with Crippen LogP contribution in [0.2, 0.25) is 10.0 Å². The quantitative estimate of drug-likeness (QED) is 0.634.